The number of benzene rings is 4. The molecule has 45 heavy (non-hydrogen) atoms. The van der Waals surface area contributed by atoms with Gasteiger partial charge in [-0.05, 0) is 65.4 Å². The van der Waals surface area contributed by atoms with Crippen LogP contribution < -0.4 is 15.9 Å². The molecule has 8 heteroatoms. The molecule has 0 saturated heterocycles. The van der Waals surface area contributed by atoms with Crippen molar-refractivity contribution in [2.45, 2.75) is 19.7 Å². The molecular formula is C37H27F3N2O3. The molecule has 0 N–H and O–H groups in total. The van der Waals surface area contributed by atoms with Crippen molar-refractivity contribution in [3.63, 3.8) is 0 Å². The fraction of sp³-hybridized carbons (Fsp3) is 0.0811. The van der Waals surface area contributed by atoms with Crippen LogP contribution in [0, 0.1) is 6.92 Å². The lowest BCUT2D eigenvalue weighted by Crippen LogP contribution is -2.20. The van der Waals surface area contributed by atoms with Gasteiger partial charge >= 0.3 is 6.36 Å². The summed E-state index contributed by atoms with van der Waals surface area (Å²) >= 11 is 0. The lowest BCUT2D eigenvalue weighted by molar-refractivity contribution is -0.274. The normalized spacial score (nSPS) is 11.4. The number of ether oxygens (including phenoxy) is 1. The third-order valence-electron chi connectivity index (χ3n) is 7.51. The number of hydrogen-bond donors (Lipinski definition) is 0. The van der Waals surface area contributed by atoms with Crippen molar-refractivity contribution in [1.29, 1.82) is 0 Å². The first-order chi connectivity index (χ1) is 21.6. The summed E-state index contributed by atoms with van der Waals surface area (Å²) in [5, 5.41) is 0. The van der Waals surface area contributed by atoms with Crippen LogP contribution in [0.1, 0.15) is 16.7 Å². The topological polar surface area (TPSA) is 53.2 Å². The van der Waals surface area contributed by atoms with E-state index in [0.717, 1.165) is 38.9 Å². The van der Waals surface area contributed by atoms with E-state index in [1.807, 2.05) is 98.0 Å². The van der Waals surface area contributed by atoms with Gasteiger partial charge in [-0.25, -0.2) is 0 Å². The maximum atomic E-state index is 13.3. The number of rotatable bonds is 7. The van der Waals surface area contributed by atoms with Crippen molar-refractivity contribution in [2.24, 2.45) is 0 Å². The third kappa shape index (κ3) is 6.65. The molecule has 6 rings (SSSR count). The minimum absolute atomic E-state index is 0.139. The summed E-state index contributed by atoms with van der Waals surface area (Å²) in [5.41, 5.74) is 6.55. The molecule has 0 radical (unpaired) electrons. The average Bonchev–Trinajstić information content (AvgIpc) is 3.02. The van der Waals surface area contributed by atoms with E-state index in [2.05, 4.69) is 4.74 Å². The third-order valence-corrected chi connectivity index (χ3v) is 7.51. The standard InChI is InChI=1S/C37H27F3N2O3/c1-25-19-35(43)41(23-33(25)27-9-4-2-5-10-27)30-17-15-26(16-18-30)20-29-21-36(44)42(24-34(29)28-11-6-3-7-12-28)31-13-8-14-32(22-31)45-37(38,39)40/h2-19,21-24H,20H2,1H3. The van der Waals surface area contributed by atoms with Crippen LogP contribution >= 0.6 is 0 Å². The quantitative estimate of drug-likeness (QED) is 0.185. The highest BCUT2D eigenvalue weighted by Crippen LogP contribution is 2.28. The lowest BCUT2D eigenvalue weighted by atomic mass is 9.96. The number of nitrogens with zero attached hydrogens (tertiary/aromatic N) is 2. The van der Waals surface area contributed by atoms with Crippen LogP contribution in [0.4, 0.5) is 13.2 Å². The Bertz CT molecular complexity index is 2080. The summed E-state index contributed by atoms with van der Waals surface area (Å²) in [7, 11) is 0. The minimum atomic E-state index is -4.85. The Morgan fingerprint density at radius 2 is 1.20 bits per heavy atom. The van der Waals surface area contributed by atoms with E-state index in [-0.39, 0.29) is 11.2 Å². The van der Waals surface area contributed by atoms with Gasteiger partial charge < -0.3 is 4.74 Å². The van der Waals surface area contributed by atoms with Gasteiger partial charge in [0, 0.05) is 47.4 Å². The SMILES string of the molecule is Cc1cc(=O)n(-c2ccc(Cc3cc(=O)n(-c4cccc(OC(F)(F)F)c4)cc3-c3ccccc3)cc2)cc1-c1ccccc1. The van der Waals surface area contributed by atoms with Crippen molar-refractivity contribution >= 4 is 0 Å². The van der Waals surface area contributed by atoms with Gasteiger partial charge in [0.05, 0.1) is 5.69 Å². The summed E-state index contributed by atoms with van der Waals surface area (Å²) in [6.07, 6.45) is -0.944. The Morgan fingerprint density at radius 1 is 0.622 bits per heavy atom. The highest BCUT2D eigenvalue weighted by atomic mass is 19.4. The van der Waals surface area contributed by atoms with E-state index in [1.54, 1.807) is 22.9 Å². The predicted molar refractivity (Wildman–Crippen MR) is 169 cm³/mol. The summed E-state index contributed by atoms with van der Waals surface area (Å²) in [4.78, 5) is 26.3. The molecule has 0 bridgehead atoms. The van der Waals surface area contributed by atoms with Gasteiger partial charge in [-0.3, -0.25) is 18.7 Å². The lowest BCUT2D eigenvalue weighted by Gasteiger charge is -2.16. The first-order valence-electron chi connectivity index (χ1n) is 14.2. The zero-order valence-corrected chi connectivity index (χ0v) is 24.2. The van der Waals surface area contributed by atoms with E-state index in [4.69, 9.17) is 0 Å². The van der Waals surface area contributed by atoms with Gasteiger partial charge in [-0.15, -0.1) is 13.2 Å². The fourth-order valence-corrected chi connectivity index (χ4v) is 5.37. The van der Waals surface area contributed by atoms with Crippen LogP contribution in [-0.4, -0.2) is 15.5 Å². The number of hydrogen-bond acceptors (Lipinski definition) is 3. The van der Waals surface area contributed by atoms with E-state index < -0.39 is 17.7 Å². The van der Waals surface area contributed by atoms with Crippen LogP contribution in [-0.2, 0) is 6.42 Å². The molecule has 0 atom stereocenters. The Balaban J connectivity index is 1.35. The van der Waals surface area contributed by atoms with Gasteiger partial charge in [0.15, 0.2) is 0 Å². The van der Waals surface area contributed by atoms with Crippen LogP contribution in [0.5, 0.6) is 5.75 Å². The molecule has 2 aromatic heterocycles. The van der Waals surface area contributed by atoms with Gasteiger partial charge in [-0.2, -0.15) is 0 Å². The smallest absolute Gasteiger partial charge is 0.406 e. The first-order valence-corrected chi connectivity index (χ1v) is 14.2. The summed E-state index contributed by atoms with van der Waals surface area (Å²) in [5.74, 6) is -0.416. The monoisotopic (exact) mass is 604 g/mol. The van der Waals surface area contributed by atoms with E-state index in [0.29, 0.717) is 12.1 Å². The van der Waals surface area contributed by atoms with Gasteiger partial charge in [0.1, 0.15) is 5.75 Å². The second-order valence-corrected chi connectivity index (χ2v) is 10.6. The largest absolute Gasteiger partial charge is 0.573 e. The molecular weight excluding hydrogens is 577 g/mol. The number of aryl methyl sites for hydroxylation is 1. The average molecular weight is 605 g/mol. The van der Waals surface area contributed by atoms with E-state index >= 15 is 0 Å². The first kappa shape index (κ1) is 29.4. The van der Waals surface area contributed by atoms with Crippen LogP contribution in [0.3, 0.4) is 0 Å². The Kier molecular flexibility index (Phi) is 7.96. The Labute approximate surface area is 257 Å². The fourth-order valence-electron chi connectivity index (χ4n) is 5.37. The zero-order chi connectivity index (χ0) is 31.6. The van der Waals surface area contributed by atoms with Crippen molar-refractivity contribution in [3.05, 3.63) is 171 Å². The van der Waals surface area contributed by atoms with Gasteiger partial charge in [0.2, 0.25) is 0 Å². The van der Waals surface area contributed by atoms with E-state index in [9.17, 15) is 22.8 Å². The van der Waals surface area contributed by atoms with Crippen molar-refractivity contribution in [3.8, 4) is 39.4 Å². The molecule has 224 valence electrons. The summed E-state index contributed by atoms with van der Waals surface area (Å²) in [6.45, 7) is 1.92. The summed E-state index contributed by atoms with van der Waals surface area (Å²) < 4.78 is 45.5. The number of pyridine rings is 2. The predicted octanol–water partition coefficient (Wildman–Crippen LogP) is 8.12. The molecule has 0 aliphatic heterocycles. The second kappa shape index (κ2) is 12.2. The Hall–Kier alpha value is -5.63. The van der Waals surface area contributed by atoms with E-state index in [1.165, 1.54) is 28.8 Å². The second-order valence-electron chi connectivity index (χ2n) is 10.6. The highest BCUT2D eigenvalue weighted by Gasteiger charge is 2.31. The molecule has 0 fully saturated rings. The molecule has 0 saturated carbocycles. The molecule has 0 unspecified atom stereocenters. The zero-order valence-electron chi connectivity index (χ0n) is 24.2. The number of alkyl halides is 3. The molecule has 4 aromatic carbocycles. The number of aromatic nitrogens is 2. The maximum Gasteiger partial charge on any atom is 0.573 e. The maximum absolute atomic E-state index is 13.3. The minimum Gasteiger partial charge on any atom is -0.406 e. The Morgan fingerprint density at radius 3 is 1.84 bits per heavy atom. The molecule has 5 nitrogen and oxygen atoms in total. The van der Waals surface area contributed by atoms with Gasteiger partial charge in [-0.1, -0.05) is 78.9 Å². The van der Waals surface area contributed by atoms with Crippen LogP contribution in [0.15, 0.2) is 143 Å². The molecule has 6 aromatic rings. The molecule has 0 spiro atoms. The summed E-state index contributed by atoms with van der Waals surface area (Å²) in [6, 6.07) is 35.4. The van der Waals surface area contributed by atoms with Crippen LogP contribution in [0.25, 0.3) is 33.6 Å². The molecule has 0 aliphatic rings. The van der Waals surface area contributed by atoms with Crippen LogP contribution in [0.2, 0.25) is 0 Å². The number of halogens is 3. The molecule has 0 amide bonds. The molecule has 2 heterocycles. The van der Waals surface area contributed by atoms with Crippen molar-refractivity contribution in [2.75, 3.05) is 0 Å². The molecule has 0 aliphatic carbocycles. The highest BCUT2D eigenvalue weighted by molar-refractivity contribution is 5.68. The van der Waals surface area contributed by atoms with Gasteiger partial charge in [0.25, 0.3) is 11.1 Å². The van der Waals surface area contributed by atoms with Crippen molar-refractivity contribution < 1.29 is 17.9 Å². The van der Waals surface area contributed by atoms with Crippen molar-refractivity contribution in [1.82, 2.24) is 9.13 Å².